The van der Waals surface area contributed by atoms with E-state index in [1.54, 1.807) is 0 Å². The van der Waals surface area contributed by atoms with E-state index in [-0.39, 0.29) is 17.6 Å². The van der Waals surface area contributed by atoms with Crippen molar-refractivity contribution in [1.82, 2.24) is 9.55 Å². The number of benzene rings is 3. The number of carbonyl (C=O) groups is 1. The third kappa shape index (κ3) is 6.54. The summed E-state index contributed by atoms with van der Waals surface area (Å²) in [5.74, 6) is 0.840. The quantitative estimate of drug-likeness (QED) is 0.150. The normalized spacial score (nSPS) is 11.9. The van der Waals surface area contributed by atoms with Gasteiger partial charge in [-0.15, -0.1) is 12.6 Å². The van der Waals surface area contributed by atoms with Gasteiger partial charge in [-0.3, -0.25) is 4.79 Å². The minimum atomic E-state index is -0.144. The summed E-state index contributed by atoms with van der Waals surface area (Å²) in [4.78, 5) is 16.8. The molecule has 1 atom stereocenters. The number of hydrogen-bond acceptors (Lipinski definition) is 3. The Morgan fingerprint density at radius 1 is 0.750 bits per heavy atom. The van der Waals surface area contributed by atoms with Gasteiger partial charge in [-0.05, 0) is 19.3 Å². The van der Waals surface area contributed by atoms with E-state index in [1.165, 1.54) is 0 Å². The van der Waals surface area contributed by atoms with Gasteiger partial charge in [0.2, 0.25) is 0 Å². The van der Waals surface area contributed by atoms with Crippen LogP contribution in [-0.4, -0.2) is 26.4 Å². The van der Waals surface area contributed by atoms with Crippen molar-refractivity contribution in [1.29, 1.82) is 0 Å². The molecule has 1 unspecified atom stereocenters. The summed E-state index contributed by atoms with van der Waals surface area (Å²) in [7, 11) is 0. The van der Waals surface area contributed by atoms with Crippen LogP contribution in [0.2, 0.25) is 0 Å². The molecule has 36 heavy (non-hydrogen) atoms. The fourth-order valence-electron chi connectivity index (χ4n) is 4.73. The lowest BCUT2D eigenvalue weighted by atomic mass is 9.99. The molecule has 0 bridgehead atoms. The van der Waals surface area contributed by atoms with Gasteiger partial charge in [-0.1, -0.05) is 110 Å². The summed E-state index contributed by atoms with van der Waals surface area (Å²) in [5.41, 5.74) is 5.52. The zero-order valence-corrected chi connectivity index (χ0v) is 21.5. The van der Waals surface area contributed by atoms with E-state index in [0.29, 0.717) is 6.42 Å². The maximum Gasteiger partial charge on any atom is 0.189 e. The number of hydrogen-bond donors (Lipinski definition) is 2. The predicted octanol–water partition coefficient (Wildman–Crippen LogP) is 7.29. The van der Waals surface area contributed by atoms with Crippen LogP contribution < -0.4 is 0 Å². The number of rotatable bonds is 13. The molecule has 0 spiro atoms. The van der Waals surface area contributed by atoms with Crippen LogP contribution in [0.4, 0.5) is 0 Å². The van der Waals surface area contributed by atoms with Gasteiger partial charge in [0.05, 0.1) is 11.4 Å². The highest BCUT2D eigenvalue weighted by molar-refractivity contribution is 7.96. The second kappa shape index (κ2) is 13.2. The number of aromatic nitrogens is 2. The molecule has 0 saturated heterocycles. The van der Waals surface area contributed by atoms with E-state index in [2.05, 4.69) is 90.0 Å². The van der Waals surface area contributed by atoms with Crippen LogP contribution in [0.3, 0.4) is 0 Å². The van der Waals surface area contributed by atoms with Gasteiger partial charge in [0, 0.05) is 35.8 Å². The van der Waals surface area contributed by atoms with Gasteiger partial charge < -0.3 is 9.67 Å². The molecule has 0 aliphatic rings. The number of aliphatic hydroxyl groups is 1. The molecule has 0 saturated carbocycles. The molecule has 0 aliphatic carbocycles. The van der Waals surface area contributed by atoms with Crippen LogP contribution in [0.1, 0.15) is 38.5 Å². The molecule has 1 N–H and O–H groups in total. The average Bonchev–Trinajstić information content (AvgIpc) is 3.30. The monoisotopic (exact) mass is 498 g/mol. The molecule has 4 nitrogen and oxygen atoms in total. The standard InChI is InChI=1S/C31H34N2O2S/c34-23-21-27(31(35)36)20-6-1-2-13-22-33-29(25-16-9-4-10-17-25)28(24-14-7-3-8-15-24)32-30(33)26-18-11-5-12-19-26/h3-5,7-12,14-19,27,34H,1-2,6,13,20-23H2,(H,35,36). The van der Waals surface area contributed by atoms with Crippen LogP contribution in [0.15, 0.2) is 91.0 Å². The van der Waals surface area contributed by atoms with Gasteiger partial charge >= 0.3 is 0 Å². The summed E-state index contributed by atoms with van der Waals surface area (Å²) < 4.78 is 2.37. The second-order valence-electron chi connectivity index (χ2n) is 9.13. The average molecular weight is 499 g/mol. The van der Waals surface area contributed by atoms with Crippen molar-refractivity contribution >= 4 is 17.7 Å². The highest BCUT2D eigenvalue weighted by Crippen LogP contribution is 2.36. The number of thiol groups is 1. The molecule has 4 aromatic rings. The van der Waals surface area contributed by atoms with Crippen molar-refractivity contribution in [2.24, 2.45) is 5.92 Å². The van der Waals surface area contributed by atoms with Gasteiger partial charge in [-0.25, -0.2) is 4.98 Å². The lowest BCUT2D eigenvalue weighted by Crippen LogP contribution is -2.10. The third-order valence-electron chi connectivity index (χ3n) is 6.61. The number of nitrogens with zero attached hydrogens (tertiary/aromatic N) is 2. The molecule has 0 fully saturated rings. The molecule has 5 heteroatoms. The van der Waals surface area contributed by atoms with E-state index in [4.69, 9.17) is 4.98 Å². The molecule has 4 rings (SSSR count). The van der Waals surface area contributed by atoms with Crippen LogP contribution in [-0.2, 0) is 11.3 Å². The molecular formula is C31H34N2O2S. The van der Waals surface area contributed by atoms with E-state index < -0.39 is 0 Å². The minimum Gasteiger partial charge on any atom is -0.396 e. The second-order valence-corrected chi connectivity index (χ2v) is 9.57. The highest BCUT2D eigenvalue weighted by atomic mass is 32.1. The fourth-order valence-corrected chi connectivity index (χ4v) is 4.98. The molecule has 3 aromatic carbocycles. The Morgan fingerprint density at radius 3 is 1.89 bits per heavy atom. The van der Waals surface area contributed by atoms with Gasteiger partial charge in [0.1, 0.15) is 5.82 Å². The zero-order chi connectivity index (χ0) is 25.2. The summed E-state index contributed by atoms with van der Waals surface area (Å²) in [6.07, 6.45) is 5.38. The highest BCUT2D eigenvalue weighted by Gasteiger charge is 2.21. The Bertz CT molecular complexity index is 1220. The molecule has 0 radical (unpaired) electrons. The maximum absolute atomic E-state index is 11.6. The van der Waals surface area contributed by atoms with E-state index in [9.17, 15) is 9.90 Å². The number of carbonyl (C=O) groups excluding carboxylic acids is 1. The number of unbranched alkanes of at least 4 members (excludes halogenated alkanes) is 3. The smallest absolute Gasteiger partial charge is 0.189 e. The predicted molar refractivity (Wildman–Crippen MR) is 151 cm³/mol. The SMILES string of the molecule is O=C(S)C(CCO)CCCCCCn1c(-c2ccccc2)nc(-c2ccccc2)c1-c1ccccc1. The summed E-state index contributed by atoms with van der Waals surface area (Å²) >= 11 is 3.98. The van der Waals surface area contributed by atoms with E-state index >= 15 is 0 Å². The molecule has 1 heterocycles. The topological polar surface area (TPSA) is 55.1 Å². The molecule has 0 aliphatic heterocycles. The van der Waals surface area contributed by atoms with Crippen molar-refractivity contribution < 1.29 is 9.90 Å². The Balaban J connectivity index is 1.60. The molecule has 0 amide bonds. The molecule has 1 aromatic heterocycles. The molecular weight excluding hydrogens is 464 g/mol. The Labute approximate surface area is 219 Å². The minimum absolute atomic E-state index is 0.0336. The lowest BCUT2D eigenvalue weighted by Gasteiger charge is -2.14. The Morgan fingerprint density at radius 2 is 1.31 bits per heavy atom. The van der Waals surface area contributed by atoms with E-state index in [0.717, 1.165) is 72.6 Å². The summed E-state index contributed by atoms with van der Waals surface area (Å²) in [6.45, 7) is 0.895. The Kier molecular flexibility index (Phi) is 9.54. The fraction of sp³-hybridized carbons (Fsp3) is 0.290. The lowest BCUT2D eigenvalue weighted by molar-refractivity contribution is -0.114. The first kappa shape index (κ1) is 25.9. The van der Waals surface area contributed by atoms with Crippen LogP contribution in [0.25, 0.3) is 33.9 Å². The van der Waals surface area contributed by atoms with Crippen molar-refractivity contribution in [3.05, 3.63) is 91.0 Å². The third-order valence-corrected chi connectivity index (χ3v) is 6.97. The van der Waals surface area contributed by atoms with E-state index in [1.807, 2.05) is 18.2 Å². The first-order chi connectivity index (χ1) is 17.7. The largest absolute Gasteiger partial charge is 0.396 e. The van der Waals surface area contributed by atoms with Crippen molar-refractivity contribution in [2.75, 3.05) is 6.61 Å². The van der Waals surface area contributed by atoms with Crippen LogP contribution in [0.5, 0.6) is 0 Å². The molecule has 186 valence electrons. The van der Waals surface area contributed by atoms with Crippen LogP contribution in [0, 0.1) is 5.92 Å². The maximum atomic E-state index is 11.6. The zero-order valence-electron chi connectivity index (χ0n) is 20.6. The van der Waals surface area contributed by atoms with Crippen molar-refractivity contribution in [3.8, 4) is 33.9 Å². The van der Waals surface area contributed by atoms with Gasteiger partial charge in [0.25, 0.3) is 0 Å². The van der Waals surface area contributed by atoms with Gasteiger partial charge in [-0.2, -0.15) is 0 Å². The summed E-state index contributed by atoms with van der Waals surface area (Å²) in [5, 5.41) is 9.07. The first-order valence-corrected chi connectivity index (χ1v) is 13.2. The van der Waals surface area contributed by atoms with Gasteiger partial charge in [0.15, 0.2) is 5.12 Å². The number of aliphatic hydroxyl groups excluding tert-OH is 1. The summed E-state index contributed by atoms with van der Waals surface area (Å²) in [6, 6.07) is 31.3. The first-order valence-electron chi connectivity index (χ1n) is 12.8. The van der Waals surface area contributed by atoms with Crippen molar-refractivity contribution in [2.45, 2.75) is 45.1 Å². The van der Waals surface area contributed by atoms with Crippen molar-refractivity contribution in [3.63, 3.8) is 0 Å². The van der Waals surface area contributed by atoms with Crippen LogP contribution >= 0.6 is 12.6 Å². The number of imidazole rings is 1. The Hall–Kier alpha value is -3.15.